The van der Waals surface area contributed by atoms with Gasteiger partial charge in [-0.05, 0) is 82.9 Å². The van der Waals surface area contributed by atoms with E-state index < -0.39 is 0 Å². The topological polar surface area (TPSA) is 9.86 Å². The van der Waals surface area contributed by atoms with Crippen LogP contribution in [-0.2, 0) is 0 Å². The van der Waals surface area contributed by atoms with Crippen LogP contribution in [0.2, 0.25) is 0 Å². The molecule has 0 fully saturated rings. The first kappa shape index (κ1) is 24.7. The molecule has 0 amide bonds. The van der Waals surface area contributed by atoms with Crippen LogP contribution in [0.4, 0.5) is 0 Å². The van der Waals surface area contributed by atoms with Crippen LogP contribution in [0, 0.1) is 0 Å². The van der Waals surface area contributed by atoms with Crippen LogP contribution in [0.3, 0.4) is 0 Å². The Morgan fingerprint density at radius 3 is 1.27 bits per heavy atom. The summed E-state index contributed by atoms with van der Waals surface area (Å²) in [7, 11) is 0. The molecule has 2 aromatic heterocycles. The van der Waals surface area contributed by atoms with Gasteiger partial charge in [0.1, 0.15) is 0 Å². The Hall–Kier alpha value is -5.86. The van der Waals surface area contributed by atoms with Crippen LogP contribution in [0.15, 0.2) is 170 Å². The normalized spacial score (nSPS) is 11.6. The zero-order valence-electron chi connectivity index (χ0n) is 24.1. The second kappa shape index (κ2) is 9.86. The number of rotatable bonds is 4. The van der Waals surface area contributed by atoms with Gasteiger partial charge in [0.2, 0.25) is 0 Å². The third kappa shape index (κ3) is 3.82. The molecule has 0 N–H and O–H groups in total. The first-order valence-electron chi connectivity index (χ1n) is 15.1. The van der Waals surface area contributed by atoms with Gasteiger partial charge in [-0.25, -0.2) is 0 Å². The van der Waals surface area contributed by atoms with Crippen molar-refractivity contribution in [1.29, 1.82) is 0 Å². The summed E-state index contributed by atoms with van der Waals surface area (Å²) < 4.78 is 4.81. The van der Waals surface area contributed by atoms with Gasteiger partial charge in [0, 0.05) is 32.9 Å². The Morgan fingerprint density at radius 1 is 0.250 bits per heavy atom. The molecule has 7 aromatic carbocycles. The quantitative estimate of drug-likeness (QED) is 0.203. The second-order valence-corrected chi connectivity index (χ2v) is 11.4. The number of benzene rings is 7. The highest BCUT2D eigenvalue weighted by atomic mass is 15.0. The third-order valence-corrected chi connectivity index (χ3v) is 8.91. The Morgan fingerprint density at radius 2 is 0.682 bits per heavy atom. The molecule has 0 aliphatic carbocycles. The summed E-state index contributed by atoms with van der Waals surface area (Å²) in [6.07, 6.45) is 0. The molecule has 9 rings (SSSR count). The summed E-state index contributed by atoms with van der Waals surface area (Å²) in [6, 6.07) is 61.4. The van der Waals surface area contributed by atoms with Crippen molar-refractivity contribution in [2.45, 2.75) is 0 Å². The number of para-hydroxylation sites is 2. The largest absolute Gasteiger partial charge is 0.309 e. The van der Waals surface area contributed by atoms with E-state index in [1.54, 1.807) is 0 Å². The van der Waals surface area contributed by atoms with E-state index in [1.165, 1.54) is 71.6 Å². The maximum absolute atomic E-state index is 2.43. The summed E-state index contributed by atoms with van der Waals surface area (Å²) in [5.41, 5.74) is 12.1. The smallest absolute Gasteiger partial charge is 0.0542 e. The molecule has 0 spiro atoms. The maximum Gasteiger partial charge on any atom is 0.0542 e. The van der Waals surface area contributed by atoms with Gasteiger partial charge in [0.05, 0.1) is 22.1 Å². The summed E-state index contributed by atoms with van der Waals surface area (Å²) >= 11 is 0. The minimum atomic E-state index is 1.16. The Bertz CT molecular complexity index is 2370. The fourth-order valence-electron chi connectivity index (χ4n) is 6.88. The van der Waals surface area contributed by atoms with Crippen LogP contribution in [0.1, 0.15) is 0 Å². The molecule has 0 saturated carbocycles. The molecular weight excluding hydrogens is 532 g/mol. The number of nitrogens with zero attached hydrogens (tertiary/aromatic N) is 2. The number of hydrogen-bond acceptors (Lipinski definition) is 0. The molecule has 44 heavy (non-hydrogen) atoms. The van der Waals surface area contributed by atoms with E-state index in [0.717, 1.165) is 5.69 Å². The molecule has 0 atom stereocenters. The second-order valence-electron chi connectivity index (χ2n) is 11.4. The average Bonchev–Trinajstić information content (AvgIpc) is 3.61. The van der Waals surface area contributed by atoms with E-state index in [0.29, 0.717) is 0 Å². The number of aromatic nitrogens is 2. The van der Waals surface area contributed by atoms with E-state index >= 15 is 0 Å². The molecule has 0 saturated heterocycles. The minimum Gasteiger partial charge on any atom is -0.309 e. The van der Waals surface area contributed by atoms with Crippen molar-refractivity contribution in [3.8, 4) is 33.6 Å². The van der Waals surface area contributed by atoms with Gasteiger partial charge in [0.15, 0.2) is 0 Å². The van der Waals surface area contributed by atoms with Crippen molar-refractivity contribution in [3.05, 3.63) is 170 Å². The molecule has 0 aliphatic heterocycles. The monoisotopic (exact) mass is 560 g/mol. The lowest BCUT2D eigenvalue weighted by Gasteiger charge is -2.11. The molecule has 0 aliphatic rings. The Kier molecular flexibility index (Phi) is 5.54. The molecule has 0 radical (unpaired) electrons. The van der Waals surface area contributed by atoms with Crippen molar-refractivity contribution < 1.29 is 0 Å². The van der Waals surface area contributed by atoms with E-state index in [1.807, 2.05) is 0 Å². The standard InChI is InChI=1S/C42H28N2/c1-4-12-29(13-5-1)31-20-23-40-36(26-31)37-27-32(30-14-6-2-7-15-30)21-24-41(37)44(40)34-22-25-42-38(28-34)35-18-10-11-19-39(35)43(42)33-16-8-3-9-17-33/h1-28H. The lowest BCUT2D eigenvalue weighted by Crippen LogP contribution is -1.95. The number of hydrogen-bond donors (Lipinski definition) is 0. The summed E-state index contributed by atoms with van der Waals surface area (Å²) in [6.45, 7) is 0. The van der Waals surface area contributed by atoms with Gasteiger partial charge in [-0.2, -0.15) is 0 Å². The molecule has 9 aromatic rings. The molecule has 206 valence electrons. The van der Waals surface area contributed by atoms with E-state index in [2.05, 4.69) is 179 Å². The van der Waals surface area contributed by atoms with E-state index in [9.17, 15) is 0 Å². The third-order valence-electron chi connectivity index (χ3n) is 8.91. The zero-order valence-corrected chi connectivity index (χ0v) is 24.1. The van der Waals surface area contributed by atoms with Crippen molar-refractivity contribution in [1.82, 2.24) is 9.13 Å². The van der Waals surface area contributed by atoms with Crippen LogP contribution in [-0.4, -0.2) is 9.13 Å². The zero-order chi connectivity index (χ0) is 29.0. The maximum atomic E-state index is 2.43. The van der Waals surface area contributed by atoms with Gasteiger partial charge >= 0.3 is 0 Å². The van der Waals surface area contributed by atoms with Crippen molar-refractivity contribution in [2.75, 3.05) is 0 Å². The highest BCUT2D eigenvalue weighted by Gasteiger charge is 2.17. The molecule has 2 heterocycles. The van der Waals surface area contributed by atoms with E-state index in [-0.39, 0.29) is 0 Å². The first-order chi connectivity index (χ1) is 21.8. The summed E-state index contributed by atoms with van der Waals surface area (Å²) in [5.74, 6) is 0. The molecular formula is C42H28N2. The fraction of sp³-hybridized carbons (Fsp3) is 0. The number of fused-ring (bicyclic) bond motifs is 6. The van der Waals surface area contributed by atoms with Gasteiger partial charge in [-0.15, -0.1) is 0 Å². The Balaban J connectivity index is 1.33. The van der Waals surface area contributed by atoms with Crippen LogP contribution in [0.25, 0.3) is 77.2 Å². The van der Waals surface area contributed by atoms with Gasteiger partial charge in [0.25, 0.3) is 0 Å². The average molecular weight is 561 g/mol. The molecule has 0 bridgehead atoms. The van der Waals surface area contributed by atoms with Crippen molar-refractivity contribution in [2.24, 2.45) is 0 Å². The summed E-state index contributed by atoms with van der Waals surface area (Å²) in [5, 5.41) is 5.02. The predicted octanol–water partition coefficient (Wildman–Crippen LogP) is 11.2. The summed E-state index contributed by atoms with van der Waals surface area (Å²) in [4.78, 5) is 0. The van der Waals surface area contributed by atoms with Crippen molar-refractivity contribution >= 4 is 43.6 Å². The van der Waals surface area contributed by atoms with E-state index in [4.69, 9.17) is 0 Å². The Labute approximate surface area is 255 Å². The lowest BCUT2D eigenvalue weighted by atomic mass is 10.0. The minimum absolute atomic E-state index is 1.16. The lowest BCUT2D eigenvalue weighted by molar-refractivity contribution is 1.17. The van der Waals surface area contributed by atoms with Crippen molar-refractivity contribution in [3.63, 3.8) is 0 Å². The van der Waals surface area contributed by atoms with Gasteiger partial charge < -0.3 is 9.13 Å². The molecule has 0 unspecified atom stereocenters. The highest BCUT2D eigenvalue weighted by Crippen LogP contribution is 2.39. The highest BCUT2D eigenvalue weighted by molar-refractivity contribution is 6.13. The van der Waals surface area contributed by atoms with Gasteiger partial charge in [-0.1, -0.05) is 109 Å². The van der Waals surface area contributed by atoms with Crippen LogP contribution < -0.4 is 0 Å². The van der Waals surface area contributed by atoms with Crippen LogP contribution >= 0.6 is 0 Å². The fourth-order valence-corrected chi connectivity index (χ4v) is 6.88. The predicted molar refractivity (Wildman–Crippen MR) is 186 cm³/mol. The first-order valence-corrected chi connectivity index (χ1v) is 15.1. The molecule has 2 heteroatoms. The van der Waals surface area contributed by atoms with Crippen LogP contribution in [0.5, 0.6) is 0 Å². The van der Waals surface area contributed by atoms with Gasteiger partial charge in [-0.3, -0.25) is 0 Å². The molecule has 2 nitrogen and oxygen atoms in total. The SMILES string of the molecule is c1ccc(-c2ccc3c(c2)c2cc(-c4ccccc4)ccc2n3-c2ccc3c(c2)c2ccccc2n3-c2ccccc2)cc1.